The lowest BCUT2D eigenvalue weighted by Crippen LogP contribution is -2.24. The van der Waals surface area contributed by atoms with Crippen molar-refractivity contribution in [1.29, 1.82) is 0 Å². The Hall–Kier alpha value is -1.94. The summed E-state index contributed by atoms with van der Waals surface area (Å²) in [6.45, 7) is 2.09. The Balaban J connectivity index is 2.45. The molecule has 0 aliphatic carbocycles. The molecule has 0 saturated carbocycles. The number of benzene rings is 2. The fraction of sp³-hybridized carbons (Fsp3) is 0.0769. The number of hydrazone groups is 1. The van der Waals surface area contributed by atoms with Gasteiger partial charge in [-0.05, 0) is 35.5 Å². The minimum absolute atomic E-state index is 0.165. The quantitative estimate of drug-likeness (QED) is 0.483. The largest absolute Gasteiger partial charge is 0.375 e. The van der Waals surface area contributed by atoms with Crippen molar-refractivity contribution in [3.05, 3.63) is 47.5 Å². The van der Waals surface area contributed by atoms with Gasteiger partial charge in [0.2, 0.25) is 0 Å². The third-order valence-electron chi connectivity index (χ3n) is 2.55. The number of fused-ring (bicyclic) bond motifs is 1. The lowest BCUT2D eigenvalue weighted by atomic mass is 10.0. The van der Waals surface area contributed by atoms with E-state index in [-0.39, 0.29) is 5.11 Å². The van der Waals surface area contributed by atoms with Crippen LogP contribution in [0.25, 0.3) is 10.8 Å². The predicted molar refractivity (Wildman–Crippen MR) is 76.2 cm³/mol. The van der Waals surface area contributed by atoms with E-state index >= 15 is 0 Å². The van der Waals surface area contributed by atoms with E-state index in [1.54, 1.807) is 6.21 Å². The summed E-state index contributed by atoms with van der Waals surface area (Å²) in [5, 5.41) is 6.54. The monoisotopic (exact) mass is 243 g/mol. The Morgan fingerprint density at radius 1 is 1.24 bits per heavy atom. The highest BCUT2D eigenvalue weighted by Gasteiger charge is 2.00. The number of nitrogens with zero attached hydrogens (tertiary/aromatic N) is 1. The maximum absolute atomic E-state index is 5.30. The molecule has 17 heavy (non-hydrogen) atoms. The zero-order chi connectivity index (χ0) is 12.3. The summed E-state index contributed by atoms with van der Waals surface area (Å²) in [7, 11) is 0. The van der Waals surface area contributed by atoms with Gasteiger partial charge in [-0.3, -0.25) is 5.43 Å². The number of hydrogen-bond acceptors (Lipinski definition) is 2. The fourth-order valence-electron chi connectivity index (χ4n) is 1.75. The Morgan fingerprint density at radius 2 is 1.94 bits per heavy atom. The van der Waals surface area contributed by atoms with Gasteiger partial charge in [-0.2, -0.15) is 5.10 Å². The lowest BCUT2D eigenvalue weighted by Gasteiger charge is -2.05. The topological polar surface area (TPSA) is 50.4 Å². The van der Waals surface area contributed by atoms with Crippen LogP contribution in [0.1, 0.15) is 11.1 Å². The van der Waals surface area contributed by atoms with Crippen LogP contribution >= 0.6 is 12.2 Å². The van der Waals surface area contributed by atoms with E-state index in [2.05, 4.69) is 47.9 Å². The van der Waals surface area contributed by atoms with Gasteiger partial charge in [-0.25, -0.2) is 0 Å². The summed E-state index contributed by atoms with van der Waals surface area (Å²) in [5.41, 5.74) is 10.1. The number of nitrogens with one attached hydrogen (secondary N) is 1. The Kier molecular flexibility index (Phi) is 3.35. The molecule has 3 nitrogen and oxygen atoms in total. The first-order valence-electron chi connectivity index (χ1n) is 5.25. The number of aryl methyl sites for hydroxylation is 1. The van der Waals surface area contributed by atoms with Crippen LogP contribution in [0.3, 0.4) is 0 Å². The first-order chi connectivity index (χ1) is 8.18. The summed E-state index contributed by atoms with van der Waals surface area (Å²) < 4.78 is 0. The van der Waals surface area contributed by atoms with Crippen molar-refractivity contribution in [3.63, 3.8) is 0 Å². The molecular formula is C13H13N3S. The van der Waals surface area contributed by atoms with Crippen molar-refractivity contribution >= 4 is 34.3 Å². The summed E-state index contributed by atoms with van der Waals surface area (Å²) in [6.07, 6.45) is 1.72. The predicted octanol–water partition coefficient (Wildman–Crippen LogP) is 2.32. The van der Waals surface area contributed by atoms with E-state index in [1.807, 2.05) is 18.2 Å². The smallest absolute Gasteiger partial charge is 0.184 e. The zero-order valence-electron chi connectivity index (χ0n) is 9.47. The van der Waals surface area contributed by atoms with Crippen LogP contribution < -0.4 is 11.2 Å². The van der Waals surface area contributed by atoms with E-state index in [1.165, 1.54) is 16.3 Å². The number of thiocarbonyl (C=S) groups is 1. The van der Waals surface area contributed by atoms with Crippen LogP contribution in [0.15, 0.2) is 41.5 Å². The maximum atomic E-state index is 5.30. The summed E-state index contributed by atoms with van der Waals surface area (Å²) in [6, 6.07) is 12.3. The van der Waals surface area contributed by atoms with Crippen molar-refractivity contribution < 1.29 is 0 Å². The van der Waals surface area contributed by atoms with Gasteiger partial charge in [0.1, 0.15) is 0 Å². The van der Waals surface area contributed by atoms with Crippen LogP contribution in [-0.4, -0.2) is 11.3 Å². The molecule has 2 aromatic carbocycles. The molecule has 0 atom stereocenters. The fourth-order valence-corrected chi connectivity index (χ4v) is 1.80. The van der Waals surface area contributed by atoms with Gasteiger partial charge in [0.15, 0.2) is 5.11 Å². The van der Waals surface area contributed by atoms with E-state index < -0.39 is 0 Å². The molecule has 86 valence electrons. The molecule has 0 aliphatic heterocycles. The van der Waals surface area contributed by atoms with Crippen molar-refractivity contribution in [2.24, 2.45) is 10.8 Å². The molecule has 4 heteroatoms. The van der Waals surface area contributed by atoms with Crippen molar-refractivity contribution in [2.45, 2.75) is 6.92 Å². The second kappa shape index (κ2) is 4.93. The molecule has 0 saturated heterocycles. The zero-order valence-corrected chi connectivity index (χ0v) is 10.3. The highest BCUT2D eigenvalue weighted by molar-refractivity contribution is 7.80. The maximum Gasteiger partial charge on any atom is 0.184 e. The standard InChI is InChI=1S/C13H13N3S/c1-9-6-7-10(8-15-16-13(14)17)12-5-3-2-4-11(9)12/h2-8H,1H3,(H3,14,16,17)/b15-8+. The number of hydrogen-bond donors (Lipinski definition) is 2. The molecule has 2 aromatic rings. The van der Waals surface area contributed by atoms with Crippen LogP contribution in [0.5, 0.6) is 0 Å². The molecule has 0 aliphatic rings. The van der Waals surface area contributed by atoms with E-state index in [0.717, 1.165) is 5.56 Å². The molecule has 0 radical (unpaired) electrons. The van der Waals surface area contributed by atoms with Crippen LogP contribution in [0.2, 0.25) is 0 Å². The van der Waals surface area contributed by atoms with Gasteiger partial charge in [-0.15, -0.1) is 0 Å². The van der Waals surface area contributed by atoms with Crippen LogP contribution in [-0.2, 0) is 0 Å². The molecule has 0 spiro atoms. The molecule has 0 unspecified atom stereocenters. The molecule has 0 heterocycles. The van der Waals surface area contributed by atoms with Gasteiger partial charge >= 0.3 is 0 Å². The minimum Gasteiger partial charge on any atom is -0.375 e. The minimum atomic E-state index is 0.165. The highest BCUT2D eigenvalue weighted by Crippen LogP contribution is 2.20. The normalized spacial score (nSPS) is 10.9. The Bertz CT molecular complexity index is 590. The molecule has 3 N–H and O–H groups in total. The number of rotatable bonds is 2. The summed E-state index contributed by atoms with van der Waals surface area (Å²) >= 11 is 4.68. The van der Waals surface area contributed by atoms with Crippen molar-refractivity contribution in [1.82, 2.24) is 5.43 Å². The van der Waals surface area contributed by atoms with Crippen LogP contribution in [0.4, 0.5) is 0 Å². The molecular weight excluding hydrogens is 230 g/mol. The molecule has 0 aromatic heterocycles. The van der Waals surface area contributed by atoms with Crippen molar-refractivity contribution in [2.75, 3.05) is 0 Å². The Labute approximate surface area is 105 Å². The second-order valence-electron chi connectivity index (χ2n) is 3.75. The van der Waals surface area contributed by atoms with Gasteiger partial charge in [0.05, 0.1) is 6.21 Å². The average molecular weight is 243 g/mol. The first kappa shape index (κ1) is 11.5. The lowest BCUT2D eigenvalue weighted by molar-refractivity contribution is 1.04. The van der Waals surface area contributed by atoms with E-state index in [0.29, 0.717) is 0 Å². The average Bonchev–Trinajstić information content (AvgIpc) is 2.32. The van der Waals surface area contributed by atoms with E-state index in [9.17, 15) is 0 Å². The molecule has 0 bridgehead atoms. The Morgan fingerprint density at radius 3 is 2.65 bits per heavy atom. The number of nitrogens with two attached hydrogens (primary N) is 1. The summed E-state index contributed by atoms with van der Waals surface area (Å²) in [5.74, 6) is 0. The van der Waals surface area contributed by atoms with E-state index in [4.69, 9.17) is 5.73 Å². The van der Waals surface area contributed by atoms with Gasteiger partial charge < -0.3 is 5.73 Å². The molecule has 2 rings (SSSR count). The molecule has 0 fully saturated rings. The first-order valence-corrected chi connectivity index (χ1v) is 5.66. The van der Waals surface area contributed by atoms with Crippen LogP contribution in [0, 0.1) is 6.92 Å². The van der Waals surface area contributed by atoms with Gasteiger partial charge in [-0.1, -0.05) is 36.4 Å². The third kappa shape index (κ3) is 2.60. The second-order valence-corrected chi connectivity index (χ2v) is 4.19. The SMILES string of the molecule is Cc1ccc(/C=N/NC(N)=S)c2ccccc12. The van der Waals surface area contributed by atoms with Gasteiger partial charge in [0.25, 0.3) is 0 Å². The van der Waals surface area contributed by atoms with Gasteiger partial charge in [0, 0.05) is 5.56 Å². The van der Waals surface area contributed by atoms with Crippen molar-refractivity contribution in [3.8, 4) is 0 Å². The third-order valence-corrected chi connectivity index (χ3v) is 2.65. The summed E-state index contributed by atoms with van der Waals surface area (Å²) in [4.78, 5) is 0. The highest BCUT2D eigenvalue weighted by atomic mass is 32.1. The molecule has 0 amide bonds.